The van der Waals surface area contributed by atoms with Crippen LogP contribution >= 0.6 is 39.1 Å². The normalized spacial score (nSPS) is 10.3. The van der Waals surface area contributed by atoms with Crippen molar-refractivity contribution >= 4 is 50.8 Å². The minimum Gasteiger partial charge on any atom is -0.465 e. The van der Waals surface area contributed by atoms with Crippen molar-refractivity contribution < 1.29 is 9.53 Å². The number of halogens is 3. The molecule has 2 rings (SSSR count). The summed E-state index contributed by atoms with van der Waals surface area (Å²) in [4.78, 5) is 11.5. The number of ether oxygens (including phenoxy) is 1. The zero-order valence-electron chi connectivity index (χ0n) is 11.1. The average Bonchev–Trinajstić information content (AvgIpc) is 2.48. The molecule has 0 unspecified atom stereocenters. The van der Waals surface area contributed by atoms with Gasteiger partial charge in [-0.15, -0.1) is 0 Å². The van der Waals surface area contributed by atoms with Crippen LogP contribution in [0.25, 0.3) is 0 Å². The molecule has 0 aliphatic carbocycles. The van der Waals surface area contributed by atoms with Crippen LogP contribution in [0.15, 0.2) is 40.9 Å². The molecule has 2 aromatic carbocycles. The maximum atomic E-state index is 11.5. The predicted octanol–water partition coefficient (Wildman–Crippen LogP) is 5.15. The molecule has 0 aromatic heterocycles. The predicted molar refractivity (Wildman–Crippen MR) is 89.3 cm³/mol. The Morgan fingerprint density at radius 2 is 2.00 bits per heavy atom. The Labute approximate surface area is 141 Å². The van der Waals surface area contributed by atoms with Gasteiger partial charge in [0.2, 0.25) is 0 Å². The van der Waals surface area contributed by atoms with E-state index in [0.717, 1.165) is 10.0 Å². The quantitative estimate of drug-likeness (QED) is 0.735. The summed E-state index contributed by atoms with van der Waals surface area (Å²) >= 11 is 15.6. The topological polar surface area (TPSA) is 38.3 Å². The summed E-state index contributed by atoms with van der Waals surface area (Å²) in [6, 6.07) is 10.5. The van der Waals surface area contributed by atoms with Crippen LogP contribution in [0.2, 0.25) is 10.0 Å². The molecule has 0 bridgehead atoms. The van der Waals surface area contributed by atoms with Crippen molar-refractivity contribution in [2.24, 2.45) is 0 Å². The van der Waals surface area contributed by atoms with Gasteiger partial charge in [0.1, 0.15) is 0 Å². The van der Waals surface area contributed by atoms with Crippen molar-refractivity contribution in [3.8, 4) is 0 Å². The van der Waals surface area contributed by atoms with Gasteiger partial charge in [-0.3, -0.25) is 0 Å². The highest BCUT2D eigenvalue weighted by Gasteiger charge is 2.09. The lowest BCUT2D eigenvalue weighted by molar-refractivity contribution is 0.0601. The van der Waals surface area contributed by atoms with Gasteiger partial charge >= 0.3 is 5.97 Å². The Hall–Kier alpha value is -1.23. The van der Waals surface area contributed by atoms with Crippen LogP contribution in [0.4, 0.5) is 5.69 Å². The maximum absolute atomic E-state index is 11.5. The molecular weight excluding hydrogens is 377 g/mol. The third-order valence-electron chi connectivity index (χ3n) is 2.86. The number of carbonyl (C=O) groups is 1. The van der Waals surface area contributed by atoms with Crippen molar-refractivity contribution in [3.05, 3.63) is 62.0 Å². The molecule has 0 amide bonds. The summed E-state index contributed by atoms with van der Waals surface area (Å²) in [6.45, 7) is 0.519. The lowest BCUT2D eigenvalue weighted by Crippen LogP contribution is -2.05. The molecule has 110 valence electrons. The van der Waals surface area contributed by atoms with Crippen LogP contribution in [-0.4, -0.2) is 13.1 Å². The van der Waals surface area contributed by atoms with Crippen LogP contribution in [0, 0.1) is 0 Å². The zero-order chi connectivity index (χ0) is 15.4. The van der Waals surface area contributed by atoms with Gasteiger partial charge in [0.15, 0.2) is 0 Å². The molecule has 2 aromatic rings. The summed E-state index contributed by atoms with van der Waals surface area (Å²) in [5, 5.41) is 4.37. The van der Waals surface area contributed by atoms with Gasteiger partial charge in [0.25, 0.3) is 0 Å². The highest BCUT2D eigenvalue weighted by molar-refractivity contribution is 9.10. The Bertz CT molecular complexity index is 677. The van der Waals surface area contributed by atoms with E-state index in [-0.39, 0.29) is 0 Å². The van der Waals surface area contributed by atoms with Crippen LogP contribution < -0.4 is 5.32 Å². The molecule has 0 spiro atoms. The molecule has 0 radical (unpaired) electrons. The first kappa shape index (κ1) is 16.1. The number of hydrogen-bond acceptors (Lipinski definition) is 3. The van der Waals surface area contributed by atoms with Gasteiger partial charge in [0.05, 0.1) is 23.4 Å². The monoisotopic (exact) mass is 387 g/mol. The fourth-order valence-corrected chi connectivity index (χ4v) is 2.54. The molecular formula is C15H12BrCl2NO2. The highest BCUT2D eigenvalue weighted by atomic mass is 79.9. The summed E-state index contributed by atoms with van der Waals surface area (Å²) in [6.07, 6.45) is 0. The van der Waals surface area contributed by atoms with Gasteiger partial charge in [-0.1, -0.05) is 39.1 Å². The van der Waals surface area contributed by atoms with Crippen LogP contribution in [0.1, 0.15) is 15.9 Å². The molecule has 21 heavy (non-hydrogen) atoms. The first-order chi connectivity index (χ1) is 10.0. The summed E-state index contributed by atoms with van der Waals surface area (Å²) in [5.74, 6) is -0.404. The molecule has 0 atom stereocenters. The number of anilines is 1. The van der Waals surface area contributed by atoms with E-state index >= 15 is 0 Å². The second-order valence-corrected chi connectivity index (χ2v) is 5.97. The summed E-state index contributed by atoms with van der Waals surface area (Å²) in [7, 11) is 1.34. The molecule has 0 saturated heterocycles. The second kappa shape index (κ2) is 7.16. The molecule has 0 heterocycles. The lowest BCUT2D eigenvalue weighted by Gasteiger charge is -2.11. The van der Waals surface area contributed by atoms with Crippen LogP contribution in [0.3, 0.4) is 0 Å². The SMILES string of the molecule is COC(=O)c1ccc(Cl)c(NCc2cc(Cl)ccc2Br)c1. The van der Waals surface area contributed by atoms with E-state index in [0.29, 0.717) is 27.8 Å². The molecule has 6 heteroatoms. The van der Waals surface area contributed by atoms with E-state index < -0.39 is 5.97 Å². The zero-order valence-corrected chi connectivity index (χ0v) is 14.2. The molecule has 0 aliphatic heterocycles. The van der Waals surface area contributed by atoms with Crippen LogP contribution in [0.5, 0.6) is 0 Å². The highest BCUT2D eigenvalue weighted by Crippen LogP contribution is 2.26. The van der Waals surface area contributed by atoms with E-state index in [9.17, 15) is 4.79 Å². The van der Waals surface area contributed by atoms with E-state index in [2.05, 4.69) is 21.2 Å². The van der Waals surface area contributed by atoms with Crippen molar-refractivity contribution in [1.82, 2.24) is 0 Å². The largest absolute Gasteiger partial charge is 0.465 e. The third-order valence-corrected chi connectivity index (χ3v) is 4.20. The average molecular weight is 389 g/mol. The molecule has 0 saturated carbocycles. The van der Waals surface area contributed by atoms with Gasteiger partial charge in [-0.2, -0.15) is 0 Å². The first-order valence-electron chi connectivity index (χ1n) is 6.07. The van der Waals surface area contributed by atoms with Crippen molar-refractivity contribution in [1.29, 1.82) is 0 Å². The van der Waals surface area contributed by atoms with Crippen molar-refractivity contribution in [3.63, 3.8) is 0 Å². The summed E-state index contributed by atoms with van der Waals surface area (Å²) < 4.78 is 5.64. The first-order valence-corrected chi connectivity index (χ1v) is 7.62. The van der Waals surface area contributed by atoms with E-state index in [1.165, 1.54) is 7.11 Å². The minimum atomic E-state index is -0.404. The van der Waals surface area contributed by atoms with Crippen LogP contribution in [-0.2, 0) is 11.3 Å². The Morgan fingerprint density at radius 3 is 2.71 bits per heavy atom. The smallest absolute Gasteiger partial charge is 0.337 e. The number of methoxy groups -OCH3 is 1. The van der Waals surface area contributed by atoms with Gasteiger partial charge in [-0.25, -0.2) is 4.79 Å². The summed E-state index contributed by atoms with van der Waals surface area (Å²) in [5.41, 5.74) is 2.09. The lowest BCUT2D eigenvalue weighted by atomic mass is 10.2. The standard InChI is InChI=1S/C15H12BrCl2NO2/c1-21-15(20)9-2-5-13(18)14(7-9)19-8-10-6-11(17)3-4-12(10)16/h2-7,19H,8H2,1H3. The fourth-order valence-electron chi connectivity index (χ4n) is 1.77. The Kier molecular flexibility index (Phi) is 5.51. The third kappa shape index (κ3) is 4.13. The molecule has 0 aliphatic rings. The Morgan fingerprint density at radius 1 is 1.24 bits per heavy atom. The molecule has 3 nitrogen and oxygen atoms in total. The number of carbonyl (C=O) groups excluding carboxylic acids is 1. The van der Waals surface area contributed by atoms with Gasteiger partial charge < -0.3 is 10.1 Å². The Balaban J connectivity index is 2.19. The van der Waals surface area contributed by atoms with Gasteiger partial charge in [0, 0.05) is 16.0 Å². The number of nitrogens with one attached hydrogen (secondary N) is 1. The number of benzene rings is 2. The molecule has 0 fully saturated rings. The van der Waals surface area contributed by atoms with E-state index in [1.54, 1.807) is 24.3 Å². The van der Waals surface area contributed by atoms with E-state index in [4.69, 9.17) is 27.9 Å². The number of esters is 1. The van der Waals surface area contributed by atoms with E-state index in [1.807, 2.05) is 12.1 Å². The van der Waals surface area contributed by atoms with Crippen molar-refractivity contribution in [2.45, 2.75) is 6.54 Å². The number of hydrogen-bond donors (Lipinski definition) is 1. The van der Waals surface area contributed by atoms with Crippen molar-refractivity contribution in [2.75, 3.05) is 12.4 Å². The van der Waals surface area contributed by atoms with Gasteiger partial charge in [-0.05, 0) is 42.0 Å². The minimum absolute atomic E-state index is 0.404. The number of rotatable bonds is 4. The molecule has 1 N–H and O–H groups in total. The maximum Gasteiger partial charge on any atom is 0.337 e. The second-order valence-electron chi connectivity index (χ2n) is 4.28. The fraction of sp³-hybridized carbons (Fsp3) is 0.133.